The third-order valence-corrected chi connectivity index (χ3v) is 5.43. The Hall–Kier alpha value is -3.91. The van der Waals surface area contributed by atoms with Crippen LogP contribution in [0.4, 0.5) is 11.4 Å². The van der Waals surface area contributed by atoms with Gasteiger partial charge in [-0.05, 0) is 30.7 Å². The minimum atomic E-state index is -0.444. The van der Waals surface area contributed by atoms with E-state index in [4.69, 9.17) is 16.3 Å². The molecule has 1 heterocycles. The second-order valence-corrected chi connectivity index (χ2v) is 7.63. The summed E-state index contributed by atoms with van der Waals surface area (Å²) in [6.45, 7) is 1.81. The number of fused-ring (bicyclic) bond motifs is 1. The highest BCUT2D eigenvalue weighted by Crippen LogP contribution is 2.36. The summed E-state index contributed by atoms with van der Waals surface area (Å²) in [6.07, 6.45) is 0. The quantitative estimate of drug-likeness (QED) is 0.325. The van der Waals surface area contributed by atoms with Crippen LogP contribution in [0, 0.1) is 17.0 Å². The van der Waals surface area contributed by atoms with Crippen molar-refractivity contribution in [3.8, 4) is 16.9 Å². The standard InChI is InChI=1S/C23H19ClN4O4/c1-13-11-14(24)12-19(32-3)20(13)26-23(29)22-25-17-9-6-8-16(21(17)27(22)2)15-7-4-5-10-18(15)28(30)31/h4-12H,1-3H3,(H,26,29). The van der Waals surface area contributed by atoms with Crippen LogP contribution in [-0.4, -0.2) is 27.5 Å². The number of para-hydroxylation sites is 2. The monoisotopic (exact) mass is 450 g/mol. The molecule has 9 heteroatoms. The smallest absolute Gasteiger partial charge is 0.291 e. The lowest BCUT2D eigenvalue weighted by Gasteiger charge is -2.13. The number of anilines is 1. The van der Waals surface area contributed by atoms with Gasteiger partial charge in [0.05, 0.1) is 34.3 Å². The Labute approximate surface area is 188 Å². The average Bonchev–Trinajstić information content (AvgIpc) is 3.12. The second kappa shape index (κ2) is 8.32. The van der Waals surface area contributed by atoms with Gasteiger partial charge in [-0.2, -0.15) is 0 Å². The summed E-state index contributed by atoms with van der Waals surface area (Å²) in [6, 6.07) is 15.1. The van der Waals surface area contributed by atoms with Gasteiger partial charge in [0.1, 0.15) is 5.75 Å². The van der Waals surface area contributed by atoms with Crippen molar-refractivity contribution in [2.75, 3.05) is 12.4 Å². The number of nitro groups is 1. The number of nitro benzene ring substituents is 1. The van der Waals surface area contributed by atoms with Crippen LogP contribution in [0.1, 0.15) is 16.2 Å². The van der Waals surface area contributed by atoms with Gasteiger partial charge in [-0.15, -0.1) is 0 Å². The molecule has 0 saturated heterocycles. The number of hydrogen-bond acceptors (Lipinski definition) is 5. The van der Waals surface area contributed by atoms with Gasteiger partial charge in [0.15, 0.2) is 5.82 Å². The van der Waals surface area contributed by atoms with E-state index in [0.29, 0.717) is 38.6 Å². The van der Waals surface area contributed by atoms with Gasteiger partial charge in [-0.1, -0.05) is 35.9 Å². The number of rotatable bonds is 5. The van der Waals surface area contributed by atoms with Crippen molar-refractivity contribution in [1.29, 1.82) is 0 Å². The van der Waals surface area contributed by atoms with E-state index < -0.39 is 10.8 Å². The zero-order chi connectivity index (χ0) is 23.0. The van der Waals surface area contributed by atoms with Gasteiger partial charge in [-0.3, -0.25) is 14.9 Å². The first-order chi connectivity index (χ1) is 15.3. The predicted octanol–water partition coefficient (Wildman–Crippen LogP) is 5.37. The normalized spacial score (nSPS) is 10.9. The average molecular weight is 451 g/mol. The first kappa shape index (κ1) is 21.3. The van der Waals surface area contributed by atoms with Crippen molar-refractivity contribution in [3.63, 3.8) is 0 Å². The fourth-order valence-corrected chi connectivity index (χ4v) is 4.02. The highest BCUT2D eigenvalue weighted by Gasteiger charge is 2.23. The number of aromatic nitrogens is 2. The fourth-order valence-electron chi connectivity index (χ4n) is 3.75. The molecule has 0 aliphatic heterocycles. The predicted molar refractivity (Wildman–Crippen MR) is 123 cm³/mol. The molecule has 32 heavy (non-hydrogen) atoms. The molecule has 0 radical (unpaired) electrons. The van der Waals surface area contributed by atoms with E-state index >= 15 is 0 Å². The van der Waals surface area contributed by atoms with Crippen LogP contribution in [0.15, 0.2) is 54.6 Å². The Balaban J connectivity index is 1.82. The van der Waals surface area contributed by atoms with Gasteiger partial charge >= 0.3 is 0 Å². The van der Waals surface area contributed by atoms with Crippen molar-refractivity contribution >= 4 is 39.9 Å². The maximum absolute atomic E-state index is 13.1. The van der Waals surface area contributed by atoms with Crippen molar-refractivity contribution < 1.29 is 14.5 Å². The fraction of sp³-hybridized carbons (Fsp3) is 0.130. The molecule has 1 N–H and O–H groups in total. The molecule has 4 rings (SSSR count). The van der Waals surface area contributed by atoms with Gasteiger partial charge in [0.25, 0.3) is 11.6 Å². The number of amides is 1. The molecule has 3 aromatic carbocycles. The van der Waals surface area contributed by atoms with Crippen LogP contribution in [0.3, 0.4) is 0 Å². The molecular weight excluding hydrogens is 432 g/mol. The SMILES string of the molecule is COc1cc(Cl)cc(C)c1NC(=O)c1nc2cccc(-c3ccccc3[N+](=O)[O-])c2n1C. The Bertz CT molecular complexity index is 1380. The molecule has 0 unspecified atom stereocenters. The van der Waals surface area contributed by atoms with E-state index in [0.717, 1.165) is 5.56 Å². The Morgan fingerprint density at radius 2 is 1.88 bits per heavy atom. The highest BCUT2D eigenvalue weighted by molar-refractivity contribution is 6.31. The molecule has 0 aliphatic carbocycles. The first-order valence-electron chi connectivity index (χ1n) is 9.66. The molecule has 1 amide bonds. The van der Waals surface area contributed by atoms with Crippen molar-refractivity contribution in [3.05, 3.63) is 81.1 Å². The Kier molecular flexibility index (Phi) is 5.54. The molecule has 0 aliphatic rings. The van der Waals surface area contributed by atoms with Gasteiger partial charge < -0.3 is 14.6 Å². The van der Waals surface area contributed by atoms with E-state index in [1.807, 2.05) is 6.92 Å². The molecule has 4 aromatic rings. The molecule has 162 valence electrons. The number of carbonyl (C=O) groups is 1. The maximum atomic E-state index is 13.1. The second-order valence-electron chi connectivity index (χ2n) is 7.20. The molecule has 0 atom stereocenters. The number of halogens is 1. The van der Waals surface area contributed by atoms with E-state index in [2.05, 4.69) is 10.3 Å². The summed E-state index contributed by atoms with van der Waals surface area (Å²) < 4.78 is 6.99. The maximum Gasteiger partial charge on any atom is 0.291 e. The number of imidazole rings is 1. The number of aryl methyl sites for hydroxylation is 2. The molecule has 0 saturated carbocycles. The van der Waals surface area contributed by atoms with Gasteiger partial charge in [0, 0.05) is 29.8 Å². The van der Waals surface area contributed by atoms with Crippen LogP contribution in [-0.2, 0) is 7.05 Å². The minimum Gasteiger partial charge on any atom is -0.495 e. The summed E-state index contributed by atoms with van der Waals surface area (Å²) >= 11 is 6.09. The minimum absolute atomic E-state index is 0.0197. The van der Waals surface area contributed by atoms with Gasteiger partial charge in [0.2, 0.25) is 0 Å². The van der Waals surface area contributed by atoms with E-state index in [1.54, 1.807) is 60.1 Å². The largest absolute Gasteiger partial charge is 0.495 e. The topological polar surface area (TPSA) is 99.3 Å². The summed E-state index contributed by atoms with van der Waals surface area (Å²) in [7, 11) is 3.20. The van der Waals surface area contributed by atoms with Crippen LogP contribution in [0.2, 0.25) is 5.02 Å². The molecule has 1 aromatic heterocycles. The van der Waals surface area contributed by atoms with E-state index in [9.17, 15) is 14.9 Å². The number of methoxy groups -OCH3 is 1. The van der Waals surface area contributed by atoms with E-state index in [-0.39, 0.29) is 11.5 Å². The summed E-state index contributed by atoms with van der Waals surface area (Å²) in [5.41, 5.74) is 3.45. The van der Waals surface area contributed by atoms with Crippen molar-refractivity contribution in [2.24, 2.45) is 7.05 Å². The van der Waals surface area contributed by atoms with Crippen LogP contribution in [0.5, 0.6) is 5.75 Å². The third kappa shape index (κ3) is 3.65. The van der Waals surface area contributed by atoms with Crippen LogP contribution >= 0.6 is 11.6 Å². The molecule has 0 spiro atoms. The molecular formula is C23H19ClN4O4. The first-order valence-corrected chi connectivity index (χ1v) is 10.0. The Morgan fingerprint density at radius 1 is 1.16 bits per heavy atom. The zero-order valence-corrected chi connectivity index (χ0v) is 18.3. The summed E-state index contributed by atoms with van der Waals surface area (Å²) in [5, 5.41) is 14.9. The highest BCUT2D eigenvalue weighted by atomic mass is 35.5. The van der Waals surface area contributed by atoms with E-state index in [1.165, 1.54) is 13.2 Å². The lowest BCUT2D eigenvalue weighted by atomic mass is 10.0. The number of ether oxygens (including phenoxy) is 1. The third-order valence-electron chi connectivity index (χ3n) is 5.21. The van der Waals surface area contributed by atoms with Crippen molar-refractivity contribution in [2.45, 2.75) is 6.92 Å². The molecule has 8 nitrogen and oxygen atoms in total. The number of benzene rings is 3. The number of hydrogen-bond donors (Lipinski definition) is 1. The Morgan fingerprint density at radius 3 is 2.59 bits per heavy atom. The zero-order valence-electron chi connectivity index (χ0n) is 17.5. The number of nitrogens with zero attached hydrogens (tertiary/aromatic N) is 3. The van der Waals surface area contributed by atoms with Gasteiger partial charge in [-0.25, -0.2) is 4.98 Å². The molecule has 0 bridgehead atoms. The van der Waals surface area contributed by atoms with Crippen LogP contribution < -0.4 is 10.1 Å². The summed E-state index contributed by atoms with van der Waals surface area (Å²) in [4.78, 5) is 28.8. The number of carbonyl (C=O) groups excluding carboxylic acids is 1. The summed E-state index contributed by atoms with van der Waals surface area (Å²) in [5.74, 6) is 0.145. The number of nitrogens with one attached hydrogen (secondary N) is 1. The lowest BCUT2D eigenvalue weighted by molar-refractivity contribution is -0.384. The molecule has 0 fully saturated rings. The lowest BCUT2D eigenvalue weighted by Crippen LogP contribution is -2.18. The van der Waals surface area contributed by atoms with Crippen molar-refractivity contribution in [1.82, 2.24) is 9.55 Å². The van der Waals surface area contributed by atoms with Crippen LogP contribution in [0.25, 0.3) is 22.2 Å².